The molecule has 0 radical (unpaired) electrons. The number of nitrogen functional groups attached to an aromatic ring is 1. The smallest absolute Gasteiger partial charge is 0.131 e. The van der Waals surface area contributed by atoms with Crippen LogP contribution in [-0.4, -0.2) is 9.97 Å². The van der Waals surface area contributed by atoms with E-state index in [1.165, 1.54) is 5.56 Å². The summed E-state index contributed by atoms with van der Waals surface area (Å²) < 4.78 is 0. The summed E-state index contributed by atoms with van der Waals surface area (Å²) in [6.45, 7) is 4.09. The normalized spacial score (nSPS) is 10.4. The van der Waals surface area contributed by atoms with E-state index in [-0.39, 0.29) is 0 Å². The van der Waals surface area contributed by atoms with Crippen molar-refractivity contribution in [2.75, 3.05) is 5.73 Å². The molecule has 0 aliphatic rings. The molecule has 3 nitrogen and oxygen atoms in total. The largest absolute Gasteiger partial charge is 0.384 e. The fourth-order valence-electron chi connectivity index (χ4n) is 1.55. The molecule has 0 saturated heterocycles. The Labute approximate surface area is 95.4 Å². The quantitative estimate of drug-likeness (QED) is 0.834. The number of anilines is 1. The number of hydrogen-bond donors (Lipinski definition) is 1. The second-order valence-electron chi connectivity index (χ2n) is 3.81. The molecule has 16 heavy (non-hydrogen) atoms. The lowest BCUT2D eigenvalue weighted by Gasteiger charge is -2.04. The number of aromatic nitrogens is 2. The van der Waals surface area contributed by atoms with Crippen molar-refractivity contribution in [2.45, 2.75) is 20.3 Å². The number of aryl methyl sites for hydroxylation is 2. The number of benzene rings is 1. The van der Waals surface area contributed by atoms with Gasteiger partial charge in [-0.2, -0.15) is 0 Å². The van der Waals surface area contributed by atoms with Gasteiger partial charge in [0.05, 0.1) is 5.69 Å². The molecule has 0 spiro atoms. The van der Waals surface area contributed by atoms with Gasteiger partial charge in [0.25, 0.3) is 0 Å². The van der Waals surface area contributed by atoms with Crippen LogP contribution in [0.5, 0.6) is 0 Å². The lowest BCUT2D eigenvalue weighted by atomic mass is 10.1. The Morgan fingerprint density at radius 3 is 2.44 bits per heavy atom. The first kappa shape index (κ1) is 10.6. The van der Waals surface area contributed by atoms with Crippen LogP contribution in [0.25, 0.3) is 11.3 Å². The number of nitrogens with zero attached hydrogens (tertiary/aromatic N) is 2. The van der Waals surface area contributed by atoms with Gasteiger partial charge in [0.1, 0.15) is 11.6 Å². The Morgan fingerprint density at radius 1 is 1.12 bits per heavy atom. The minimum Gasteiger partial charge on any atom is -0.384 e. The molecule has 0 amide bonds. The van der Waals surface area contributed by atoms with E-state index >= 15 is 0 Å². The zero-order chi connectivity index (χ0) is 11.5. The van der Waals surface area contributed by atoms with Crippen molar-refractivity contribution in [1.82, 2.24) is 9.97 Å². The van der Waals surface area contributed by atoms with Crippen LogP contribution in [0.3, 0.4) is 0 Å². The van der Waals surface area contributed by atoms with E-state index in [1.54, 1.807) is 0 Å². The molecule has 1 aromatic carbocycles. The van der Waals surface area contributed by atoms with E-state index in [0.29, 0.717) is 5.82 Å². The van der Waals surface area contributed by atoms with Gasteiger partial charge in [0.2, 0.25) is 0 Å². The number of hydrogen-bond acceptors (Lipinski definition) is 3. The first-order chi connectivity index (χ1) is 7.69. The maximum absolute atomic E-state index is 5.75. The van der Waals surface area contributed by atoms with Crippen molar-refractivity contribution in [1.29, 1.82) is 0 Å². The van der Waals surface area contributed by atoms with E-state index < -0.39 is 0 Å². The summed E-state index contributed by atoms with van der Waals surface area (Å²) in [5, 5.41) is 0. The van der Waals surface area contributed by atoms with E-state index in [2.05, 4.69) is 41.2 Å². The summed E-state index contributed by atoms with van der Waals surface area (Å²) in [6.07, 6.45) is 0.796. The van der Waals surface area contributed by atoms with E-state index in [9.17, 15) is 0 Å². The molecule has 0 unspecified atom stereocenters. The monoisotopic (exact) mass is 213 g/mol. The lowest BCUT2D eigenvalue weighted by molar-refractivity contribution is 0.949. The van der Waals surface area contributed by atoms with Gasteiger partial charge in [0, 0.05) is 18.1 Å². The second-order valence-corrected chi connectivity index (χ2v) is 3.81. The molecule has 2 N–H and O–H groups in total. The average molecular weight is 213 g/mol. The van der Waals surface area contributed by atoms with Gasteiger partial charge in [-0.15, -0.1) is 0 Å². The zero-order valence-electron chi connectivity index (χ0n) is 9.57. The van der Waals surface area contributed by atoms with E-state index in [4.69, 9.17) is 5.73 Å². The van der Waals surface area contributed by atoms with Crippen LogP contribution in [0.2, 0.25) is 0 Å². The molecule has 0 saturated carbocycles. The molecule has 0 fully saturated rings. The van der Waals surface area contributed by atoms with Gasteiger partial charge in [-0.25, -0.2) is 9.97 Å². The summed E-state index contributed by atoms with van der Waals surface area (Å²) >= 11 is 0. The minimum atomic E-state index is 0.530. The van der Waals surface area contributed by atoms with Crippen LogP contribution in [0.15, 0.2) is 30.3 Å². The first-order valence-electron chi connectivity index (χ1n) is 5.39. The lowest BCUT2D eigenvalue weighted by Crippen LogP contribution is -1.99. The van der Waals surface area contributed by atoms with Crippen molar-refractivity contribution >= 4 is 5.82 Å². The highest BCUT2D eigenvalue weighted by Crippen LogP contribution is 2.19. The molecule has 0 bridgehead atoms. The Morgan fingerprint density at radius 2 is 1.81 bits per heavy atom. The summed E-state index contributed by atoms with van der Waals surface area (Å²) in [6, 6.07) is 10.1. The van der Waals surface area contributed by atoms with E-state index in [1.807, 2.05) is 13.0 Å². The Bertz CT molecular complexity index is 489. The fourth-order valence-corrected chi connectivity index (χ4v) is 1.55. The standard InChI is InChI=1S/C13H15N3/c1-3-13-15-11(8-12(14)16-13)10-6-4-9(2)5-7-10/h4-8H,3H2,1-2H3,(H2,14,15,16). The second kappa shape index (κ2) is 4.31. The molecule has 2 rings (SSSR count). The van der Waals surface area contributed by atoms with Crippen LogP contribution in [0.1, 0.15) is 18.3 Å². The van der Waals surface area contributed by atoms with Gasteiger partial charge in [-0.1, -0.05) is 36.8 Å². The van der Waals surface area contributed by atoms with Crippen LogP contribution in [0.4, 0.5) is 5.82 Å². The molecule has 1 heterocycles. The van der Waals surface area contributed by atoms with Gasteiger partial charge in [-0.3, -0.25) is 0 Å². The highest BCUT2D eigenvalue weighted by Gasteiger charge is 2.03. The maximum atomic E-state index is 5.75. The van der Waals surface area contributed by atoms with Gasteiger partial charge in [0.15, 0.2) is 0 Å². The van der Waals surface area contributed by atoms with Gasteiger partial charge >= 0.3 is 0 Å². The molecule has 0 aliphatic heterocycles. The molecule has 1 aromatic heterocycles. The zero-order valence-corrected chi connectivity index (χ0v) is 9.57. The van der Waals surface area contributed by atoms with Crippen molar-refractivity contribution in [3.05, 3.63) is 41.7 Å². The minimum absolute atomic E-state index is 0.530. The van der Waals surface area contributed by atoms with Crippen molar-refractivity contribution in [3.8, 4) is 11.3 Å². The Kier molecular flexibility index (Phi) is 2.86. The van der Waals surface area contributed by atoms with Crippen molar-refractivity contribution < 1.29 is 0 Å². The molecule has 0 atom stereocenters. The SMILES string of the molecule is CCc1nc(N)cc(-c2ccc(C)cc2)n1. The first-order valence-corrected chi connectivity index (χ1v) is 5.39. The van der Waals surface area contributed by atoms with Crippen LogP contribution in [-0.2, 0) is 6.42 Å². The fraction of sp³-hybridized carbons (Fsp3) is 0.231. The highest BCUT2D eigenvalue weighted by molar-refractivity contribution is 5.62. The maximum Gasteiger partial charge on any atom is 0.131 e. The molecule has 3 heteroatoms. The molecular formula is C13H15N3. The number of rotatable bonds is 2. The Hall–Kier alpha value is -1.90. The average Bonchev–Trinajstić information content (AvgIpc) is 2.29. The summed E-state index contributed by atoms with van der Waals surface area (Å²) in [5.41, 5.74) is 8.96. The van der Waals surface area contributed by atoms with Crippen LogP contribution in [0, 0.1) is 6.92 Å². The molecule has 2 aromatic rings. The predicted octanol–water partition coefficient (Wildman–Crippen LogP) is 2.60. The third-order valence-corrected chi connectivity index (χ3v) is 2.46. The summed E-state index contributed by atoms with van der Waals surface area (Å²) in [5.74, 6) is 1.32. The molecular weight excluding hydrogens is 198 g/mol. The molecule has 82 valence electrons. The third kappa shape index (κ3) is 2.19. The highest BCUT2D eigenvalue weighted by atomic mass is 14.9. The predicted molar refractivity (Wildman–Crippen MR) is 66.0 cm³/mol. The summed E-state index contributed by atoms with van der Waals surface area (Å²) in [4.78, 5) is 8.62. The van der Waals surface area contributed by atoms with Gasteiger partial charge in [-0.05, 0) is 6.92 Å². The third-order valence-electron chi connectivity index (χ3n) is 2.46. The number of nitrogens with two attached hydrogens (primary N) is 1. The van der Waals surface area contributed by atoms with Crippen molar-refractivity contribution in [3.63, 3.8) is 0 Å². The van der Waals surface area contributed by atoms with Crippen LogP contribution < -0.4 is 5.73 Å². The van der Waals surface area contributed by atoms with Gasteiger partial charge < -0.3 is 5.73 Å². The summed E-state index contributed by atoms with van der Waals surface area (Å²) in [7, 11) is 0. The Balaban J connectivity index is 2.47. The van der Waals surface area contributed by atoms with Crippen molar-refractivity contribution in [2.24, 2.45) is 0 Å². The topological polar surface area (TPSA) is 51.8 Å². The van der Waals surface area contributed by atoms with E-state index in [0.717, 1.165) is 23.5 Å². The van der Waals surface area contributed by atoms with Crippen LogP contribution >= 0.6 is 0 Å². The molecule has 0 aliphatic carbocycles.